The van der Waals surface area contributed by atoms with E-state index in [4.69, 9.17) is 5.11 Å². The highest BCUT2D eigenvalue weighted by Gasteiger charge is 2.13. The van der Waals surface area contributed by atoms with Crippen molar-refractivity contribution < 1.29 is 18.7 Å². The van der Waals surface area contributed by atoms with Crippen LogP contribution in [-0.4, -0.2) is 11.1 Å². The van der Waals surface area contributed by atoms with Crippen LogP contribution in [0, 0.1) is 25.5 Å². The summed E-state index contributed by atoms with van der Waals surface area (Å²) in [6.07, 6.45) is 1.55. The summed E-state index contributed by atoms with van der Waals surface area (Å²) in [4.78, 5) is 10.8. The zero-order chi connectivity index (χ0) is 13.2. The zero-order valence-corrected chi connectivity index (χ0v) is 9.97. The van der Waals surface area contributed by atoms with Gasteiger partial charge < -0.3 is 5.11 Å². The molecule has 0 aliphatic rings. The first-order chi connectivity index (χ1) is 7.88. The molecule has 0 fully saturated rings. The van der Waals surface area contributed by atoms with Gasteiger partial charge in [0, 0.05) is 17.2 Å². The minimum absolute atomic E-state index is 0.0954. The molecule has 0 saturated carbocycles. The molecule has 1 N–H and O–H groups in total. The van der Waals surface area contributed by atoms with Gasteiger partial charge in [0.25, 0.3) is 0 Å². The second-order valence-electron chi connectivity index (χ2n) is 3.83. The quantitative estimate of drug-likeness (QED) is 0.821. The monoisotopic (exact) mass is 240 g/mol. The van der Waals surface area contributed by atoms with Crippen LogP contribution >= 0.6 is 0 Å². The molecule has 0 amide bonds. The molecule has 0 aliphatic carbocycles. The Labute approximate surface area is 98.6 Å². The van der Waals surface area contributed by atoms with E-state index in [1.807, 2.05) is 0 Å². The fraction of sp³-hybridized carbons (Fsp3) is 0.308. The van der Waals surface area contributed by atoms with Gasteiger partial charge in [-0.2, -0.15) is 0 Å². The van der Waals surface area contributed by atoms with E-state index in [-0.39, 0.29) is 17.6 Å². The average molecular weight is 240 g/mol. The first-order valence-electron chi connectivity index (χ1n) is 5.27. The van der Waals surface area contributed by atoms with Crippen molar-refractivity contribution in [2.45, 2.75) is 27.2 Å². The Morgan fingerprint density at radius 2 is 1.88 bits per heavy atom. The number of carbonyl (C=O) groups is 1. The first kappa shape index (κ1) is 13.4. The lowest BCUT2D eigenvalue weighted by atomic mass is 9.99. The Hall–Kier alpha value is -1.71. The summed E-state index contributed by atoms with van der Waals surface area (Å²) in [5, 5.41) is 8.88. The number of hydrogen-bond acceptors (Lipinski definition) is 1. The molecular formula is C13H14F2O2. The van der Waals surface area contributed by atoms with E-state index in [1.165, 1.54) is 13.0 Å². The number of benzene rings is 1. The Balaban J connectivity index is 3.42. The summed E-state index contributed by atoms with van der Waals surface area (Å²) in [5.41, 5.74) is 0.995. The van der Waals surface area contributed by atoms with Crippen molar-refractivity contribution in [3.63, 3.8) is 0 Å². The number of hydrogen-bond donors (Lipinski definition) is 1. The van der Waals surface area contributed by atoms with Crippen LogP contribution in [-0.2, 0) is 4.79 Å². The second-order valence-corrected chi connectivity index (χ2v) is 3.83. The lowest BCUT2D eigenvalue weighted by Crippen LogP contribution is -2.02. The summed E-state index contributed by atoms with van der Waals surface area (Å²) < 4.78 is 26.8. The van der Waals surface area contributed by atoms with E-state index in [9.17, 15) is 13.6 Å². The SMILES string of the molecule is CC/C(=C\c1c(F)cc(F)c(C)c1C)C(=O)O. The topological polar surface area (TPSA) is 37.3 Å². The van der Waals surface area contributed by atoms with Crippen molar-refractivity contribution in [3.05, 3.63) is 40.0 Å². The summed E-state index contributed by atoms with van der Waals surface area (Å²) in [6.45, 7) is 4.78. The highest BCUT2D eigenvalue weighted by molar-refractivity contribution is 5.92. The fourth-order valence-corrected chi connectivity index (χ4v) is 1.52. The number of aliphatic carboxylic acids is 1. The predicted octanol–water partition coefficient (Wildman–Crippen LogP) is 3.46. The van der Waals surface area contributed by atoms with Crippen LogP contribution in [0.25, 0.3) is 6.08 Å². The molecule has 0 heterocycles. The van der Waals surface area contributed by atoms with Crippen LogP contribution in [0.3, 0.4) is 0 Å². The molecule has 0 aromatic heterocycles. The third-order valence-corrected chi connectivity index (χ3v) is 2.81. The minimum Gasteiger partial charge on any atom is -0.478 e. The van der Waals surface area contributed by atoms with Crippen molar-refractivity contribution in [1.82, 2.24) is 0 Å². The van der Waals surface area contributed by atoms with E-state index >= 15 is 0 Å². The molecule has 0 saturated heterocycles. The van der Waals surface area contributed by atoms with Crippen LogP contribution in [0.4, 0.5) is 8.78 Å². The zero-order valence-electron chi connectivity index (χ0n) is 9.97. The molecule has 92 valence electrons. The van der Waals surface area contributed by atoms with Gasteiger partial charge in [0.05, 0.1) is 0 Å². The van der Waals surface area contributed by atoms with Gasteiger partial charge in [-0.25, -0.2) is 13.6 Å². The predicted molar refractivity (Wildman–Crippen MR) is 61.7 cm³/mol. The molecule has 0 bridgehead atoms. The Morgan fingerprint density at radius 3 is 2.35 bits per heavy atom. The molecular weight excluding hydrogens is 226 g/mol. The summed E-state index contributed by atoms with van der Waals surface area (Å²) in [5.74, 6) is -2.45. The van der Waals surface area contributed by atoms with Crippen molar-refractivity contribution in [3.8, 4) is 0 Å². The molecule has 1 aromatic rings. The summed E-state index contributed by atoms with van der Waals surface area (Å²) >= 11 is 0. The third-order valence-electron chi connectivity index (χ3n) is 2.81. The number of carboxylic acid groups (broad SMARTS) is 1. The lowest BCUT2D eigenvalue weighted by molar-refractivity contribution is -0.132. The van der Waals surface area contributed by atoms with Gasteiger partial charge in [0.15, 0.2) is 0 Å². The normalized spacial score (nSPS) is 11.7. The Kier molecular flexibility index (Phi) is 3.99. The molecule has 17 heavy (non-hydrogen) atoms. The molecule has 0 radical (unpaired) electrons. The molecule has 1 aromatic carbocycles. The fourth-order valence-electron chi connectivity index (χ4n) is 1.52. The molecule has 0 aliphatic heterocycles. The maximum absolute atomic E-state index is 13.6. The van der Waals surface area contributed by atoms with Crippen molar-refractivity contribution >= 4 is 12.0 Å². The van der Waals surface area contributed by atoms with Crippen molar-refractivity contribution in [1.29, 1.82) is 0 Å². The smallest absolute Gasteiger partial charge is 0.331 e. The van der Waals surface area contributed by atoms with Gasteiger partial charge in [0.2, 0.25) is 0 Å². The van der Waals surface area contributed by atoms with Gasteiger partial charge in [-0.15, -0.1) is 0 Å². The van der Waals surface area contributed by atoms with Gasteiger partial charge in [0.1, 0.15) is 11.6 Å². The highest BCUT2D eigenvalue weighted by Crippen LogP contribution is 2.23. The van der Waals surface area contributed by atoms with E-state index < -0.39 is 17.6 Å². The van der Waals surface area contributed by atoms with Gasteiger partial charge in [-0.1, -0.05) is 6.92 Å². The van der Waals surface area contributed by atoms with Crippen LogP contribution < -0.4 is 0 Å². The molecule has 0 unspecified atom stereocenters. The number of halogens is 2. The van der Waals surface area contributed by atoms with E-state index in [0.29, 0.717) is 11.1 Å². The number of rotatable bonds is 3. The molecule has 1 rings (SSSR count). The molecule has 0 atom stereocenters. The molecule has 0 spiro atoms. The van der Waals surface area contributed by atoms with Crippen molar-refractivity contribution in [2.75, 3.05) is 0 Å². The Bertz CT molecular complexity index is 491. The highest BCUT2D eigenvalue weighted by atomic mass is 19.1. The molecule has 2 nitrogen and oxygen atoms in total. The summed E-state index contributed by atoms with van der Waals surface area (Å²) in [6, 6.07) is 0.781. The number of carboxylic acids is 1. The lowest BCUT2D eigenvalue weighted by Gasteiger charge is -2.08. The van der Waals surface area contributed by atoms with Crippen molar-refractivity contribution in [2.24, 2.45) is 0 Å². The van der Waals surface area contributed by atoms with E-state index in [1.54, 1.807) is 13.8 Å². The van der Waals surface area contributed by atoms with Gasteiger partial charge in [-0.05, 0) is 37.5 Å². The second kappa shape index (κ2) is 5.08. The van der Waals surface area contributed by atoms with Gasteiger partial charge >= 0.3 is 5.97 Å². The maximum atomic E-state index is 13.6. The standard InChI is InChI=1S/C13H14F2O2/c1-4-9(13(16)17)5-10-7(2)8(3)11(14)6-12(10)15/h5-6H,4H2,1-3H3,(H,16,17)/b9-5+. The van der Waals surface area contributed by atoms with Crippen LogP contribution in [0.5, 0.6) is 0 Å². The maximum Gasteiger partial charge on any atom is 0.331 e. The average Bonchev–Trinajstić information content (AvgIpc) is 2.26. The largest absolute Gasteiger partial charge is 0.478 e. The minimum atomic E-state index is -1.09. The van der Waals surface area contributed by atoms with Crippen LogP contribution in [0.15, 0.2) is 11.6 Å². The molecule has 4 heteroatoms. The third kappa shape index (κ3) is 2.70. The van der Waals surface area contributed by atoms with E-state index in [0.717, 1.165) is 6.07 Å². The van der Waals surface area contributed by atoms with Crippen LogP contribution in [0.2, 0.25) is 0 Å². The summed E-state index contributed by atoms with van der Waals surface area (Å²) in [7, 11) is 0. The first-order valence-corrected chi connectivity index (χ1v) is 5.27. The van der Waals surface area contributed by atoms with Crippen LogP contribution in [0.1, 0.15) is 30.0 Å². The van der Waals surface area contributed by atoms with E-state index in [2.05, 4.69) is 0 Å². The Morgan fingerprint density at radius 1 is 1.29 bits per heavy atom. The van der Waals surface area contributed by atoms with Gasteiger partial charge in [-0.3, -0.25) is 0 Å².